The molecule has 0 bridgehead atoms. The Morgan fingerprint density at radius 3 is 2.53 bits per heavy atom. The summed E-state index contributed by atoms with van der Waals surface area (Å²) in [6.45, 7) is 8.90. The summed E-state index contributed by atoms with van der Waals surface area (Å²) < 4.78 is 0. The molecule has 2 heterocycles. The van der Waals surface area contributed by atoms with Crippen LogP contribution >= 0.6 is 0 Å². The minimum absolute atomic E-state index is 0.648. The standard InChI is InChI=1S/C12H20N6O/c1-3-17(4-2)11-9-13-15-12(14-11)18-7-5-16(10-19)6-8-18/h9-10H,3-8H2,1-2H3. The van der Waals surface area contributed by atoms with Gasteiger partial charge >= 0.3 is 0 Å². The van der Waals surface area contributed by atoms with E-state index in [0.29, 0.717) is 19.0 Å². The van der Waals surface area contributed by atoms with Gasteiger partial charge < -0.3 is 14.7 Å². The van der Waals surface area contributed by atoms with E-state index in [1.54, 1.807) is 11.1 Å². The van der Waals surface area contributed by atoms with Crippen molar-refractivity contribution < 1.29 is 4.79 Å². The predicted molar refractivity (Wildman–Crippen MR) is 73.2 cm³/mol. The van der Waals surface area contributed by atoms with Crippen LogP contribution in [0.2, 0.25) is 0 Å². The van der Waals surface area contributed by atoms with Crippen molar-refractivity contribution in [2.24, 2.45) is 0 Å². The first-order valence-electron chi connectivity index (χ1n) is 6.67. The third kappa shape index (κ3) is 3.10. The highest BCUT2D eigenvalue weighted by molar-refractivity contribution is 5.48. The summed E-state index contributed by atoms with van der Waals surface area (Å²) in [6, 6.07) is 0. The van der Waals surface area contributed by atoms with Crippen molar-refractivity contribution in [3.05, 3.63) is 6.20 Å². The second kappa shape index (κ2) is 6.31. The smallest absolute Gasteiger partial charge is 0.247 e. The lowest BCUT2D eigenvalue weighted by Crippen LogP contribution is -2.46. The Labute approximate surface area is 113 Å². The van der Waals surface area contributed by atoms with Crippen LogP contribution in [0.3, 0.4) is 0 Å². The van der Waals surface area contributed by atoms with E-state index in [9.17, 15) is 4.79 Å². The number of aromatic nitrogens is 3. The molecule has 0 N–H and O–H groups in total. The first-order valence-corrected chi connectivity index (χ1v) is 6.67. The van der Waals surface area contributed by atoms with Gasteiger partial charge in [0.2, 0.25) is 12.4 Å². The second-order valence-electron chi connectivity index (χ2n) is 4.42. The Balaban J connectivity index is 2.08. The fourth-order valence-electron chi connectivity index (χ4n) is 2.15. The molecule has 0 saturated carbocycles. The number of carbonyl (C=O) groups excluding carboxylic acids is 1. The van der Waals surface area contributed by atoms with Gasteiger partial charge in [-0.2, -0.15) is 10.1 Å². The molecule has 19 heavy (non-hydrogen) atoms. The molecule has 0 spiro atoms. The van der Waals surface area contributed by atoms with E-state index in [1.807, 2.05) is 0 Å². The Bertz CT molecular complexity index is 414. The van der Waals surface area contributed by atoms with Crippen LogP contribution < -0.4 is 9.80 Å². The highest BCUT2D eigenvalue weighted by atomic mass is 16.1. The molecule has 1 aliphatic heterocycles. The van der Waals surface area contributed by atoms with Gasteiger partial charge in [0, 0.05) is 39.3 Å². The monoisotopic (exact) mass is 264 g/mol. The summed E-state index contributed by atoms with van der Waals surface area (Å²) in [5.41, 5.74) is 0. The fraction of sp³-hybridized carbons (Fsp3) is 0.667. The van der Waals surface area contributed by atoms with Gasteiger partial charge in [-0.05, 0) is 13.8 Å². The average Bonchev–Trinajstić information content (AvgIpc) is 2.49. The second-order valence-corrected chi connectivity index (χ2v) is 4.42. The molecule has 7 nitrogen and oxygen atoms in total. The van der Waals surface area contributed by atoms with Gasteiger partial charge in [-0.1, -0.05) is 0 Å². The van der Waals surface area contributed by atoms with Crippen molar-refractivity contribution in [3.63, 3.8) is 0 Å². The van der Waals surface area contributed by atoms with E-state index in [0.717, 1.165) is 38.4 Å². The molecule has 0 radical (unpaired) electrons. The van der Waals surface area contributed by atoms with Gasteiger partial charge in [0.05, 0.1) is 6.20 Å². The predicted octanol–water partition coefficient (Wildman–Crippen LogP) is -0.00380. The first-order chi connectivity index (χ1) is 9.28. The van der Waals surface area contributed by atoms with E-state index in [1.165, 1.54) is 0 Å². The SMILES string of the molecule is CCN(CC)c1cnnc(N2CCN(C=O)CC2)n1. The van der Waals surface area contributed by atoms with Crippen LogP contribution in [-0.4, -0.2) is 65.8 Å². The van der Waals surface area contributed by atoms with E-state index in [-0.39, 0.29) is 0 Å². The molecule has 1 aromatic rings. The van der Waals surface area contributed by atoms with Crippen molar-refractivity contribution in [2.45, 2.75) is 13.8 Å². The van der Waals surface area contributed by atoms with Crippen LogP contribution in [0.25, 0.3) is 0 Å². The molecule has 2 rings (SSSR count). The van der Waals surface area contributed by atoms with Crippen molar-refractivity contribution >= 4 is 18.2 Å². The van der Waals surface area contributed by atoms with Crippen LogP contribution in [0.5, 0.6) is 0 Å². The number of carbonyl (C=O) groups is 1. The van der Waals surface area contributed by atoms with Crippen LogP contribution in [0.15, 0.2) is 6.20 Å². The lowest BCUT2D eigenvalue weighted by atomic mass is 10.3. The van der Waals surface area contributed by atoms with Crippen molar-refractivity contribution in [2.75, 3.05) is 49.1 Å². The van der Waals surface area contributed by atoms with Crippen molar-refractivity contribution in [1.82, 2.24) is 20.1 Å². The maximum atomic E-state index is 10.7. The highest BCUT2D eigenvalue weighted by Gasteiger charge is 2.19. The van der Waals surface area contributed by atoms with Gasteiger partial charge in [-0.15, -0.1) is 5.10 Å². The largest absolute Gasteiger partial charge is 0.356 e. The normalized spacial score (nSPS) is 15.5. The summed E-state index contributed by atoms with van der Waals surface area (Å²) >= 11 is 0. The topological polar surface area (TPSA) is 65.5 Å². The number of rotatable bonds is 5. The van der Waals surface area contributed by atoms with E-state index < -0.39 is 0 Å². The van der Waals surface area contributed by atoms with Gasteiger partial charge in [-0.25, -0.2) is 0 Å². The summed E-state index contributed by atoms with van der Waals surface area (Å²) in [5, 5.41) is 8.13. The molecule has 1 saturated heterocycles. The molecule has 104 valence electrons. The van der Waals surface area contributed by atoms with Crippen molar-refractivity contribution in [3.8, 4) is 0 Å². The van der Waals surface area contributed by atoms with Crippen molar-refractivity contribution in [1.29, 1.82) is 0 Å². The Morgan fingerprint density at radius 1 is 1.26 bits per heavy atom. The zero-order valence-corrected chi connectivity index (χ0v) is 11.5. The molecule has 0 atom stereocenters. The van der Waals surface area contributed by atoms with E-state index >= 15 is 0 Å². The number of hydrogen-bond donors (Lipinski definition) is 0. The maximum absolute atomic E-state index is 10.7. The molecular weight excluding hydrogens is 244 g/mol. The zero-order chi connectivity index (χ0) is 13.7. The number of amides is 1. The maximum Gasteiger partial charge on any atom is 0.247 e. The zero-order valence-electron chi connectivity index (χ0n) is 11.5. The lowest BCUT2D eigenvalue weighted by Gasteiger charge is -2.32. The molecule has 0 aliphatic carbocycles. The Hall–Kier alpha value is -1.92. The molecule has 1 amide bonds. The molecule has 1 fully saturated rings. The number of nitrogens with zero attached hydrogens (tertiary/aromatic N) is 6. The van der Waals surface area contributed by atoms with Crippen LogP contribution in [0.1, 0.15) is 13.8 Å². The third-order valence-electron chi connectivity index (χ3n) is 3.37. The Morgan fingerprint density at radius 2 is 1.95 bits per heavy atom. The summed E-state index contributed by atoms with van der Waals surface area (Å²) in [7, 11) is 0. The average molecular weight is 264 g/mol. The van der Waals surface area contributed by atoms with E-state index in [4.69, 9.17) is 0 Å². The van der Waals surface area contributed by atoms with Crippen LogP contribution in [-0.2, 0) is 4.79 Å². The third-order valence-corrected chi connectivity index (χ3v) is 3.37. The van der Waals surface area contributed by atoms with Gasteiger partial charge in [-0.3, -0.25) is 4.79 Å². The minimum atomic E-state index is 0.648. The van der Waals surface area contributed by atoms with Crippen LogP contribution in [0.4, 0.5) is 11.8 Å². The molecule has 0 unspecified atom stereocenters. The molecule has 7 heteroatoms. The summed E-state index contributed by atoms with van der Waals surface area (Å²) in [6.07, 6.45) is 2.58. The Kier molecular flexibility index (Phi) is 4.48. The fourth-order valence-corrected chi connectivity index (χ4v) is 2.15. The summed E-state index contributed by atoms with van der Waals surface area (Å²) in [5.74, 6) is 1.50. The minimum Gasteiger partial charge on any atom is -0.356 e. The highest BCUT2D eigenvalue weighted by Crippen LogP contribution is 2.14. The number of hydrogen-bond acceptors (Lipinski definition) is 6. The molecule has 1 aliphatic rings. The van der Waals surface area contributed by atoms with Gasteiger partial charge in [0.1, 0.15) is 0 Å². The van der Waals surface area contributed by atoms with Crippen LogP contribution in [0, 0.1) is 0 Å². The quantitative estimate of drug-likeness (QED) is 0.697. The summed E-state index contributed by atoms with van der Waals surface area (Å²) in [4.78, 5) is 21.2. The van der Waals surface area contributed by atoms with Gasteiger partial charge in [0.15, 0.2) is 5.82 Å². The molecule has 1 aromatic heterocycles. The lowest BCUT2D eigenvalue weighted by molar-refractivity contribution is -0.118. The first kappa shape index (κ1) is 13.5. The molecular formula is C12H20N6O. The number of piperazine rings is 1. The number of anilines is 2. The van der Waals surface area contributed by atoms with Gasteiger partial charge in [0.25, 0.3) is 0 Å². The van der Waals surface area contributed by atoms with E-state index in [2.05, 4.69) is 38.8 Å². The molecule has 0 aromatic carbocycles.